The number of hydrogen-bond acceptors (Lipinski definition) is 2. The minimum Gasteiger partial charge on any atom is -0.382 e. The van der Waals surface area contributed by atoms with Crippen LogP contribution in [0.5, 0.6) is 0 Å². The van der Waals surface area contributed by atoms with Gasteiger partial charge in [0.2, 0.25) is 0 Å². The second-order valence-electron chi connectivity index (χ2n) is 4.01. The fraction of sp³-hybridized carbons (Fsp3) is 1.00. The molecule has 0 saturated carbocycles. The predicted molar refractivity (Wildman–Crippen MR) is 53.1 cm³/mol. The fourth-order valence-electron chi connectivity index (χ4n) is 1.29. The molecule has 0 rings (SSSR count). The molecule has 0 aliphatic rings. The van der Waals surface area contributed by atoms with Crippen LogP contribution in [-0.2, 0) is 4.74 Å². The van der Waals surface area contributed by atoms with Gasteiger partial charge < -0.3 is 10.5 Å². The van der Waals surface area contributed by atoms with Crippen LogP contribution in [0.3, 0.4) is 0 Å². The Morgan fingerprint density at radius 3 is 2.17 bits per heavy atom. The lowest BCUT2D eigenvalue weighted by molar-refractivity contribution is 0.106. The van der Waals surface area contributed by atoms with Crippen molar-refractivity contribution in [2.24, 2.45) is 11.7 Å². The summed E-state index contributed by atoms with van der Waals surface area (Å²) in [5.41, 5.74) is 5.92. The van der Waals surface area contributed by atoms with Gasteiger partial charge in [0.05, 0.1) is 6.10 Å². The van der Waals surface area contributed by atoms with E-state index in [0.29, 0.717) is 18.1 Å². The van der Waals surface area contributed by atoms with E-state index >= 15 is 0 Å². The average Bonchev–Trinajstić information content (AvgIpc) is 1.99. The topological polar surface area (TPSA) is 35.2 Å². The number of ether oxygens (including phenoxy) is 1. The molecule has 0 aromatic rings. The molecule has 2 nitrogen and oxygen atoms in total. The van der Waals surface area contributed by atoms with Crippen LogP contribution in [0.25, 0.3) is 0 Å². The molecule has 0 bridgehead atoms. The molecule has 0 aromatic carbocycles. The summed E-state index contributed by atoms with van der Waals surface area (Å²) in [4.78, 5) is 0. The van der Waals surface area contributed by atoms with Crippen LogP contribution < -0.4 is 5.73 Å². The summed E-state index contributed by atoms with van der Waals surface area (Å²) in [5.74, 6) is 0.706. The Labute approximate surface area is 76.5 Å². The summed E-state index contributed by atoms with van der Waals surface area (Å²) >= 11 is 0. The van der Waals surface area contributed by atoms with E-state index in [1.807, 2.05) is 0 Å². The number of methoxy groups -OCH3 is 1. The van der Waals surface area contributed by atoms with Crippen LogP contribution in [0.1, 0.15) is 40.0 Å². The molecule has 74 valence electrons. The zero-order valence-corrected chi connectivity index (χ0v) is 8.84. The van der Waals surface area contributed by atoms with Gasteiger partial charge in [-0.1, -0.05) is 13.8 Å². The Morgan fingerprint density at radius 1 is 1.17 bits per heavy atom. The lowest BCUT2D eigenvalue weighted by Gasteiger charge is -2.16. The van der Waals surface area contributed by atoms with Crippen LogP contribution in [0, 0.1) is 5.92 Å². The molecule has 2 heteroatoms. The zero-order valence-electron chi connectivity index (χ0n) is 8.84. The van der Waals surface area contributed by atoms with Crippen molar-refractivity contribution >= 4 is 0 Å². The van der Waals surface area contributed by atoms with Crippen LogP contribution in [0.2, 0.25) is 0 Å². The zero-order chi connectivity index (χ0) is 9.56. The van der Waals surface area contributed by atoms with E-state index in [9.17, 15) is 0 Å². The Kier molecular flexibility index (Phi) is 6.39. The normalized spacial score (nSPS) is 16.5. The molecule has 0 aromatic heterocycles. The third-order valence-corrected chi connectivity index (χ3v) is 2.12. The Hall–Kier alpha value is -0.0800. The molecule has 0 amide bonds. The van der Waals surface area contributed by atoms with Crippen molar-refractivity contribution in [1.82, 2.24) is 0 Å². The molecule has 2 N–H and O–H groups in total. The molecular weight excluding hydrogens is 150 g/mol. The molecule has 0 saturated heterocycles. The highest BCUT2D eigenvalue weighted by Crippen LogP contribution is 2.09. The van der Waals surface area contributed by atoms with Crippen LogP contribution >= 0.6 is 0 Å². The molecule has 0 spiro atoms. The maximum absolute atomic E-state index is 5.92. The molecule has 2 atom stereocenters. The Bertz CT molecular complexity index is 104. The van der Waals surface area contributed by atoms with Gasteiger partial charge in [-0.3, -0.25) is 0 Å². The molecule has 0 fully saturated rings. The van der Waals surface area contributed by atoms with Crippen molar-refractivity contribution in [3.05, 3.63) is 0 Å². The summed E-state index contributed by atoms with van der Waals surface area (Å²) < 4.78 is 5.15. The number of hydrogen-bond donors (Lipinski definition) is 1. The smallest absolute Gasteiger partial charge is 0.0543 e. The van der Waals surface area contributed by atoms with Crippen LogP contribution in [-0.4, -0.2) is 19.3 Å². The highest BCUT2D eigenvalue weighted by Gasteiger charge is 2.07. The molecule has 12 heavy (non-hydrogen) atoms. The van der Waals surface area contributed by atoms with Gasteiger partial charge in [-0.25, -0.2) is 0 Å². The van der Waals surface area contributed by atoms with Crippen molar-refractivity contribution in [2.75, 3.05) is 7.11 Å². The highest BCUT2D eigenvalue weighted by atomic mass is 16.5. The minimum atomic E-state index is 0.350. The fourth-order valence-corrected chi connectivity index (χ4v) is 1.29. The lowest BCUT2D eigenvalue weighted by atomic mass is 9.99. The number of nitrogens with two attached hydrogens (primary N) is 1. The first-order valence-corrected chi connectivity index (χ1v) is 4.84. The van der Waals surface area contributed by atoms with E-state index in [4.69, 9.17) is 10.5 Å². The average molecular weight is 173 g/mol. The van der Waals surface area contributed by atoms with Crippen molar-refractivity contribution in [2.45, 2.75) is 52.2 Å². The molecule has 0 aliphatic carbocycles. The van der Waals surface area contributed by atoms with Gasteiger partial charge in [-0.05, 0) is 32.1 Å². The number of rotatable bonds is 6. The first-order valence-electron chi connectivity index (χ1n) is 4.84. The van der Waals surface area contributed by atoms with Gasteiger partial charge in [0.25, 0.3) is 0 Å². The molecule has 0 aliphatic heterocycles. The minimum absolute atomic E-state index is 0.350. The summed E-state index contributed by atoms with van der Waals surface area (Å²) in [6.45, 7) is 6.50. The summed E-state index contributed by atoms with van der Waals surface area (Å²) in [6, 6.07) is 0.350. The van der Waals surface area contributed by atoms with Crippen LogP contribution in [0.15, 0.2) is 0 Å². The van der Waals surface area contributed by atoms with Crippen molar-refractivity contribution < 1.29 is 4.74 Å². The standard InChI is InChI=1S/C10H23NO/c1-8(2)7-10(11)6-5-9(3)12-4/h8-10H,5-7,11H2,1-4H3. The van der Waals surface area contributed by atoms with E-state index in [1.54, 1.807) is 7.11 Å². The molecule has 0 radical (unpaired) electrons. The molecular formula is C10H23NO. The van der Waals surface area contributed by atoms with Crippen molar-refractivity contribution in [1.29, 1.82) is 0 Å². The van der Waals surface area contributed by atoms with E-state index < -0.39 is 0 Å². The third-order valence-electron chi connectivity index (χ3n) is 2.12. The second kappa shape index (κ2) is 6.44. The van der Waals surface area contributed by atoms with E-state index in [2.05, 4.69) is 20.8 Å². The lowest BCUT2D eigenvalue weighted by Crippen LogP contribution is -2.23. The third kappa shape index (κ3) is 6.62. The maximum atomic E-state index is 5.92. The van der Waals surface area contributed by atoms with Gasteiger partial charge >= 0.3 is 0 Å². The van der Waals surface area contributed by atoms with Crippen LogP contribution in [0.4, 0.5) is 0 Å². The first kappa shape index (κ1) is 11.9. The van der Waals surface area contributed by atoms with Gasteiger partial charge in [0.15, 0.2) is 0 Å². The van der Waals surface area contributed by atoms with Gasteiger partial charge in [-0.15, -0.1) is 0 Å². The van der Waals surface area contributed by atoms with Gasteiger partial charge in [0, 0.05) is 13.2 Å². The van der Waals surface area contributed by atoms with Gasteiger partial charge in [-0.2, -0.15) is 0 Å². The largest absolute Gasteiger partial charge is 0.382 e. The maximum Gasteiger partial charge on any atom is 0.0543 e. The predicted octanol–water partition coefficient (Wildman–Crippen LogP) is 2.17. The summed E-state index contributed by atoms with van der Waals surface area (Å²) in [7, 11) is 1.75. The van der Waals surface area contributed by atoms with Crippen molar-refractivity contribution in [3.63, 3.8) is 0 Å². The summed E-state index contributed by atoms with van der Waals surface area (Å²) in [5, 5.41) is 0. The van der Waals surface area contributed by atoms with Crippen molar-refractivity contribution in [3.8, 4) is 0 Å². The highest BCUT2D eigenvalue weighted by molar-refractivity contribution is 4.65. The molecule has 0 heterocycles. The molecule has 2 unspecified atom stereocenters. The second-order valence-corrected chi connectivity index (χ2v) is 4.01. The summed E-state index contributed by atoms with van der Waals surface area (Å²) in [6.07, 6.45) is 3.62. The first-order chi connectivity index (χ1) is 5.56. The van der Waals surface area contributed by atoms with E-state index in [-0.39, 0.29) is 0 Å². The Balaban J connectivity index is 3.36. The quantitative estimate of drug-likeness (QED) is 0.668. The van der Waals surface area contributed by atoms with E-state index in [1.165, 1.54) is 0 Å². The Morgan fingerprint density at radius 2 is 1.75 bits per heavy atom. The van der Waals surface area contributed by atoms with Gasteiger partial charge in [0.1, 0.15) is 0 Å². The SMILES string of the molecule is COC(C)CCC(N)CC(C)C. The monoisotopic (exact) mass is 173 g/mol. The van der Waals surface area contributed by atoms with E-state index in [0.717, 1.165) is 19.3 Å².